The molecule has 0 aliphatic carbocycles. The van der Waals surface area contributed by atoms with E-state index in [-0.39, 0.29) is 11.7 Å². The molecule has 1 aliphatic heterocycles. The lowest BCUT2D eigenvalue weighted by Crippen LogP contribution is -2.47. The fraction of sp³-hybridized carbons (Fsp3) is 0.240. The summed E-state index contributed by atoms with van der Waals surface area (Å²) in [6, 6.07) is 17.1. The SMILES string of the molecule is CSc1ccc2nc(C(=O)C=Cc3ccc(C(=O)N4CCN(C)CC4)cc3)ccc2c1. The van der Waals surface area contributed by atoms with E-state index in [0.29, 0.717) is 11.3 Å². The number of thioether (sulfide) groups is 1. The molecule has 0 unspecified atom stereocenters. The Labute approximate surface area is 186 Å². The third-order valence-corrected chi connectivity index (χ3v) is 6.25. The summed E-state index contributed by atoms with van der Waals surface area (Å²) in [4.78, 5) is 35.0. The van der Waals surface area contributed by atoms with E-state index >= 15 is 0 Å². The molecule has 1 fully saturated rings. The van der Waals surface area contributed by atoms with E-state index in [0.717, 1.165) is 42.6 Å². The van der Waals surface area contributed by atoms with Crippen LogP contribution < -0.4 is 0 Å². The number of rotatable bonds is 5. The molecule has 0 atom stereocenters. The Balaban J connectivity index is 1.42. The summed E-state index contributed by atoms with van der Waals surface area (Å²) in [5.41, 5.74) is 2.77. The van der Waals surface area contributed by atoms with Crippen LogP contribution in [0.1, 0.15) is 26.4 Å². The number of aromatic nitrogens is 1. The Morgan fingerprint density at radius 2 is 1.71 bits per heavy atom. The zero-order valence-corrected chi connectivity index (χ0v) is 18.6. The molecule has 0 saturated carbocycles. The van der Waals surface area contributed by atoms with Crippen LogP contribution in [-0.2, 0) is 0 Å². The number of allylic oxidation sites excluding steroid dienone is 1. The van der Waals surface area contributed by atoms with Crippen LogP contribution >= 0.6 is 11.8 Å². The van der Waals surface area contributed by atoms with Crippen molar-refractivity contribution in [3.05, 3.63) is 77.5 Å². The summed E-state index contributed by atoms with van der Waals surface area (Å²) < 4.78 is 0. The van der Waals surface area contributed by atoms with Gasteiger partial charge >= 0.3 is 0 Å². The van der Waals surface area contributed by atoms with Crippen molar-refractivity contribution in [2.24, 2.45) is 0 Å². The number of benzene rings is 2. The van der Waals surface area contributed by atoms with Gasteiger partial charge in [-0.25, -0.2) is 4.98 Å². The van der Waals surface area contributed by atoms with E-state index in [1.165, 1.54) is 11.0 Å². The van der Waals surface area contributed by atoms with Crippen molar-refractivity contribution in [1.29, 1.82) is 0 Å². The van der Waals surface area contributed by atoms with Gasteiger partial charge in [-0.05, 0) is 61.3 Å². The zero-order valence-electron chi connectivity index (χ0n) is 17.7. The van der Waals surface area contributed by atoms with E-state index in [1.807, 2.05) is 53.6 Å². The Morgan fingerprint density at radius 1 is 0.968 bits per heavy atom. The van der Waals surface area contributed by atoms with Crippen molar-refractivity contribution >= 4 is 40.4 Å². The van der Waals surface area contributed by atoms with Crippen LogP contribution in [0, 0.1) is 0 Å². The number of ketones is 1. The molecule has 1 saturated heterocycles. The van der Waals surface area contributed by atoms with Gasteiger partial charge in [0.05, 0.1) is 5.52 Å². The minimum absolute atomic E-state index is 0.0599. The molecule has 5 nitrogen and oxygen atoms in total. The van der Waals surface area contributed by atoms with Gasteiger partial charge in [0.25, 0.3) is 5.91 Å². The number of carbonyl (C=O) groups is 2. The van der Waals surface area contributed by atoms with Crippen LogP contribution in [0.25, 0.3) is 17.0 Å². The number of fused-ring (bicyclic) bond motifs is 1. The molecule has 0 bridgehead atoms. The molecule has 1 aliphatic rings. The van der Waals surface area contributed by atoms with Gasteiger partial charge in [0.2, 0.25) is 5.78 Å². The number of hydrogen-bond donors (Lipinski definition) is 0. The van der Waals surface area contributed by atoms with E-state index < -0.39 is 0 Å². The molecule has 31 heavy (non-hydrogen) atoms. The smallest absolute Gasteiger partial charge is 0.253 e. The summed E-state index contributed by atoms with van der Waals surface area (Å²) >= 11 is 1.68. The third kappa shape index (κ3) is 5.03. The van der Waals surface area contributed by atoms with Gasteiger partial charge in [0.15, 0.2) is 0 Å². The first kappa shape index (κ1) is 21.3. The van der Waals surface area contributed by atoms with Crippen molar-refractivity contribution in [2.75, 3.05) is 39.5 Å². The van der Waals surface area contributed by atoms with Gasteiger partial charge in [-0.15, -0.1) is 11.8 Å². The van der Waals surface area contributed by atoms with Crippen LogP contribution in [0.5, 0.6) is 0 Å². The number of hydrogen-bond acceptors (Lipinski definition) is 5. The van der Waals surface area contributed by atoms with Gasteiger partial charge < -0.3 is 9.80 Å². The molecule has 2 aromatic carbocycles. The molecule has 0 N–H and O–H groups in total. The third-order valence-electron chi connectivity index (χ3n) is 5.52. The Kier molecular flexibility index (Phi) is 6.49. The predicted octanol–water partition coefficient (Wildman–Crippen LogP) is 4.24. The number of pyridine rings is 1. The normalized spacial score (nSPS) is 15.0. The average molecular weight is 432 g/mol. The average Bonchev–Trinajstić information content (AvgIpc) is 2.82. The first-order valence-corrected chi connectivity index (χ1v) is 11.5. The Hall–Kier alpha value is -2.96. The second-order valence-corrected chi connectivity index (χ2v) is 8.55. The molecule has 0 radical (unpaired) electrons. The number of likely N-dealkylation sites (N-methyl/N-ethyl adjacent to an activating group) is 1. The fourth-order valence-corrected chi connectivity index (χ4v) is 4.00. The number of nitrogens with zero attached hydrogens (tertiary/aromatic N) is 3. The van der Waals surface area contributed by atoms with Crippen molar-refractivity contribution in [2.45, 2.75) is 4.90 Å². The minimum atomic E-state index is -0.145. The van der Waals surface area contributed by atoms with Gasteiger partial charge in [-0.3, -0.25) is 9.59 Å². The number of carbonyl (C=O) groups excluding carboxylic acids is 2. The lowest BCUT2D eigenvalue weighted by atomic mass is 10.1. The van der Waals surface area contributed by atoms with Crippen LogP contribution in [0.2, 0.25) is 0 Å². The molecule has 4 rings (SSSR count). The molecular weight excluding hydrogens is 406 g/mol. The van der Waals surface area contributed by atoms with Crippen molar-refractivity contribution < 1.29 is 9.59 Å². The first-order valence-electron chi connectivity index (χ1n) is 10.3. The fourth-order valence-electron chi connectivity index (χ4n) is 3.55. The maximum absolute atomic E-state index is 12.6. The maximum atomic E-state index is 12.6. The largest absolute Gasteiger partial charge is 0.336 e. The highest BCUT2D eigenvalue weighted by molar-refractivity contribution is 7.98. The van der Waals surface area contributed by atoms with E-state index in [2.05, 4.69) is 23.0 Å². The summed E-state index contributed by atoms with van der Waals surface area (Å²) in [6.45, 7) is 3.30. The molecule has 6 heteroatoms. The van der Waals surface area contributed by atoms with E-state index in [4.69, 9.17) is 0 Å². The number of piperazine rings is 1. The molecule has 2 heterocycles. The van der Waals surface area contributed by atoms with Crippen LogP contribution in [0.15, 0.2) is 65.6 Å². The van der Waals surface area contributed by atoms with Gasteiger partial charge in [-0.1, -0.05) is 24.3 Å². The lowest BCUT2D eigenvalue weighted by molar-refractivity contribution is 0.0664. The van der Waals surface area contributed by atoms with Crippen molar-refractivity contribution in [3.8, 4) is 0 Å². The van der Waals surface area contributed by atoms with Gasteiger partial charge in [-0.2, -0.15) is 0 Å². The first-order chi connectivity index (χ1) is 15.0. The topological polar surface area (TPSA) is 53.5 Å². The summed E-state index contributed by atoms with van der Waals surface area (Å²) in [7, 11) is 2.07. The van der Waals surface area contributed by atoms with Gasteiger partial charge in [0.1, 0.15) is 5.69 Å². The quantitative estimate of drug-likeness (QED) is 0.344. The molecule has 1 aromatic heterocycles. The number of amides is 1. The highest BCUT2D eigenvalue weighted by atomic mass is 32.2. The van der Waals surface area contributed by atoms with E-state index in [9.17, 15) is 9.59 Å². The highest BCUT2D eigenvalue weighted by Gasteiger charge is 2.20. The second kappa shape index (κ2) is 9.45. The summed E-state index contributed by atoms with van der Waals surface area (Å²) in [5, 5.41) is 1.02. The summed E-state index contributed by atoms with van der Waals surface area (Å²) in [6.07, 6.45) is 5.32. The van der Waals surface area contributed by atoms with Crippen LogP contribution in [0.4, 0.5) is 0 Å². The van der Waals surface area contributed by atoms with E-state index in [1.54, 1.807) is 23.9 Å². The zero-order chi connectivity index (χ0) is 21.8. The predicted molar refractivity (Wildman–Crippen MR) is 127 cm³/mol. The van der Waals surface area contributed by atoms with Gasteiger partial charge in [0, 0.05) is 42.0 Å². The second-order valence-electron chi connectivity index (χ2n) is 7.67. The minimum Gasteiger partial charge on any atom is -0.336 e. The van der Waals surface area contributed by atoms with Crippen molar-refractivity contribution in [1.82, 2.24) is 14.8 Å². The Bertz CT molecular complexity index is 1130. The monoisotopic (exact) mass is 431 g/mol. The molecule has 158 valence electrons. The molecule has 3 aromatic rings. The van der Waals surface area contributed by atoms with Crippen LogP contribution in [-0.4, -0.2) is 66.0 Å². The Morgan fingerprint density at radius 3 is 2.42 bits per heavy atom. The maximum Gasteiger partial charge on any atom is 0.253 e. The lowest BCUT2D eigenvalue weighted by Gasteiger charge is -2.32. The standard InChI is InChI=1S/C25H25N3O2S/c1-27-13-15-28(16-14-27)25(30)19-6-3-18(4-7-19)5-12-24(29)23-10-8-20-17-21(31-2)9-11-22(20)26-23/h3-12,17H,13-16H2,1-2H3. The van der Waals surface area contributed by atoms with Crippen LogP contribution in [0.3, 0.4) is 0 Å². The molecular formula is C25H25N3O2S. The molecule has 1 amide bonds. The highest BCUT2D eigenvalue weighted by Crippen LogP contribution is 2.21. The summed E-state index contributed by atoms with van der Waals surface area (Å²) in [5.74, 6) is -0.0851. The molecule has 0 spiro atoms. The van der Waals surface area contributed by atoms with Crippen molar-refractivity contribution in [3.63, 3.8) is 0 Å².